The zero-order valence-electron chi connectivity index (χ0n) is 12.4. The van der Waals surface area contributed by atoms with Gasteiger partial charge in [-0.1, -0.05) is 39.8 Å². The van der Waals surface area contributed by atoms with Crippen LogP contribution in [0.15, 0.2) is 4.52 Å². The van der Waals surface area contributed by atoms with E-state index in [1.54, 1.807) is 0 Å². The zero-order chi connectivity index (χ0) is 14.2. The Morgan fingerprint density at radius 1 is 1.42 bits per heavy atom. The number of carbonyl (C=O) groups excluding carboxylic acids is 1. The summed E-state index contributed by atoms with van der Waals surface area (Å²) in [6.45, 7) is 11.7. The van der Waals surface area contributed by atoms with Crippen LogP contribution in [0, 0.1) is 5.41 Å². The number of carbonyl (C=O) groups is 1. The fraction of sp³-hybridized carbons (Fsp3) is 0.786. The van der Waals surface area contributed by atoms with Crippen molar-refractivity contribution in [1.82, 2.24) is 15.0 Å². The predicted octanol–water partition coefficient (Wildman–Crippen LogP) is 2.56. The average molecular weight is 265 g/mol. The molecule has 106 valence electrons. The second-order valence-corrected chi connectivity index (χ2v) is 6.88. The SMILES string of the molecule is CC(C)c1noc(C2CN(C(=O)CC(C)(C)C)C2)n1. The van der Waals surface area contributed by atoms with Crippen LogP contribution in [0.5, 0.6) is 0 Å². The molecule has 0 aliphatic carbocycles. The van der Waals surface area contributed by atoms with Crippen LogP contribution in [0.2, 0.25) is 0 Å². The van der Waals surface area contributed by atoms with Crippen LogP contribution in [0.1, 0.15) is 64.6 Å². The number of rotatable bonds is 3. The lowest BCUT2D eigenvalue weighted by Gasteiger charge is -2.38. The molecular weight excluding hydrogens is 242 g/mol. The molecule has 1 saturated heterocycles. The van der Waals surface area contributed by atoms with Gasteiger partial charge in [-0.3, -0.25) is 4.79 Å². The molecule has 0 spiro atoms. The minimum atomic E-state index is 0.0392. The molecule has 1 aliphatic heterocycles. The van der Waals surface area contributed by atoms with E-state index in [0.29, 0.717) is 25.4 Å². The van der Waals surface area contributed by atoms with Crippen LogP contribution in [0.25, 0.3) is 0 Å². The highest BCUT2D eigenvalue weighted by molar-refractivity contribution is 5.77. The van der Waals surface area contributed by atoms with Crippen molar-refractivity contribution in [2.75, 3.05) is 13.1 Å². The first-order valence-corrected chi connectivity index (χ1v) is 6.87. The topological polar surface area (TPSA) is 59.2 Å². The van der Waals surface area contributed by atoms with Crippen molar-refractivity contribution >= 4 is 5.91 Å². The maximum absolute atomic E-state index is 12.0. The van der Waals surface area contributed by atoms with E-state index in [1.165, 1.54) is 0 Å². The number of hydrogen-bond acceptors (Lipinski definition) is 4. The number of likely N-dealkylation sites (tertiary alicyclic amines) is 1. The van der Waals surface area contributed by atoms with Gasteiger partial charge in [0.15, 0.2) is 5.82 Å². The van der Waals surface area contributed by atoms with Crippen molar-refractivity contribution in [3.8, 4) is 0 Å². The summed E-state index contributed by atoms with van der Waals surface area (Å²) in [6.07, 6.45) is 0.584. The summed E-state index contributed by atoms with van der Waals surface area (Å²) >= 11 is 0. The Morgan fingerprint density at radius 3 is 2.53 bits per heavy atom. The molecule has 0 atom stereocenters. The molecule has 1 fully saturated rings. The van der Waals surface area contributed by atoms with Crippen molar-refractivity contribution in [3.05, 3.63) is 11.7 Å². The third-order valence-corrected chi connectivity index (χ3v) is 3.24. The van der Waals surface area contributed by atoms with Crippen molar-refractivity contribution in [2.24, 2.45) is 5.41 Å². The smallest absolute Gasteiger partial charge is 0.233 e. The van der Waals surface area contributed by atoms with E-state index in [1.807, 2.05) is 18.7 Å². The van der Waals surface area contributed by atoms with E-state index in [-0.39, 0.29) is 23.2 Å². The van der Waals surface area contributed by atoms with Gasteiger partial charge in [-0.15, -0.1) is 0 Å². The molecule has 0 aromatic carbocycles. The second kappa shape index (κ2) is 4.94. The molecule has 0 saturated carbocycles. The summed E-state index contributed by atoms with van der Waals surface area (Å²) in [7, 11) is 0. The molecule has 5 nitrogen and oxygen atoms in total. The third kappa shape index (κ3) is 3.33. The predicted molar refractivity (Wildman–Crippen MR) is 71.8 cm³/mol. The molecule has 0 radical (unpaired) electrons. The highest BCUT2D eigenvalue weighted by atomic mass is 16.5. The monoisotopic (exact) mass is 265 g/mol. The first kappa shape index (κ1) is 14.0. The summed E-state index contributed by atoms with van der Waals surface area (Å²) in [4.78, 5) is 18.2. The molecule has 0 unspecified atom stereocenters. The summed E-state index contributed by atoms with van der Waals surface area (Å²) < 4.78 is 5.26. The summed E-state index contributed by atoms with van der Waals surface area (Å²) in [6, 6.07) is 0. The molecule has 19 heavy (non-hydrogen) atoms. The first-order chi connectivity index (χ1) is 8.76. The van der Waals surface area contributed by atoms with Crippen LogP contribution >= 0.6 is 0 Å². The average Bonchev–Trinajstić information content (AvgIpc) is 2.61. The van der Waals surface area contributed by atoms with Crippen molar-refractivity contribution in [2.45, 2.75) is 52.9 Å². The van der Waals surface area contributed by atoms with Gasteiger partial charge in [-0.2, -0.15) is 4.98 Å². The second-order valence-electron chi connectivity index (χ2n) is 6.88. The highest BCUT2D eigenvalue weighted by Gasteiger charge is 2.36. The van der Waals surface area contributed by atoms with Gasteiger partial charge in [0.05, 0.1) is 5.92 Å². The molecule has 1 aromatic rings. The normalized spacial score (nSPS) is 16.8. The Hall–Kier alpha value is -1.39. The van der Waals surface area contributed by atoms with E-state index in [0.717, 1.165) is 5.82 Å². The Morgan fingerprint density at radius 2 is 2.05 bits per heavy atom. The van der Waals surface area contributed by atoms with Gasteiger partial charge in [-0.25, -0.2) is 0 Å². The molecule has 1 aromatic heterocycles. The lowest BCUT2D eigenvalue weighted by Crippen LogP contribution is -2.49. The highest BCUT2D eigenvalue weighted by Crippen LogP contribution is 2.29. The van der Waals surface area contributed by atoms with E-state index < -0.39 is 0 Å². The lowest BCUT2D eigenvalue weighted by molar-refractivity contribution is -0.137. The van der Waals surface area contributed by atoms with Crippen molar-refractivity contribution < 1.29 is 9.32 Å². The molecule has 5 heteroatoms. The van der Waals surface area contributed by atoms with Crippen molar-refractivity contribution in [3.63, 3.8) is 0 Å². The maximum atomic E-state index is 12.0. The molecule has 2 heterocycles. The molecule has 1 aliphatic rings. The molecule has 0 bridgehead atoms. The first-order valence-electron chi connectivity index (χ1n) is 6.87. The Kier molecular flexibility index (Phi) is 3.65. The van der Waals surface area contributed by atoms with Crippen LogP contribution in [-0.2, 0) is 4.79 Å². The molecule has 0 N–H and O–H groups in total. The minimum absolute atomic E-state index is 0.0392. The van der Waals surface area contributed by atoms with Gasteiger partial charge in [0, 0.05) is 25.4 Å². The third-order valence-electron chi connectivity index (χ3n) is 3.24. The Labute approximate surface area is 114 Å². The van der Waals surface area contributed by atoms with Gasteiger partial charge in [-0.05, 0) is 5.41 Å². The molecule has 1 amide bonds. The minimum Gasteiger partial charge on any atom is -0.341 e. The van der Waals surface area contributed by atoms with Crippen LogP contribution < -0.4 is 0 Å². The van der Waals surface area contributed by atoms with E-state index >= 15 is 0 Å². The number of hydrogen-bond donors (Lipinski definition) is 0. The largest absolute Gasteiger partial charge is 0.341 e. The summed E-state index contributed by atoms with van der Waals surface area (Å²) in [5, 5.41) is 3.96. The van der Waals surface area contributed by atoms with Gasteiger partial charge in [0.25, 0.3) is 0 Å². The van der Waals surface area contributed by atoms with E-state index in [2.05, 4.69) is 30.9 Å². The van der Waals surface area contributed by atoms with Crippen LogP contribution in [0.4, 0.5) is 0 Å². The standard InChI is InChI=1S/C14H23N3O2/c1-9(2)12-15-13(19-16-12)10-7-17(8-10)11(18)6-14(3,4)5/h9-10H,6-8H2,1-5H3. The quantitative estimate of drug-likeness (QED) is 0.842. The lowest BCUT2D eigenvalue weighted by atomic mass is 9.90. The Balaban J connectivity index is 1.87. The summed E-state index contributed by atoms with van der Waals surface area (Å²) in [5.74, 6) is 2.12. The molecule has 2 rings (SSSR count). The van der Waals surface area contributed by atoms with Crippen LogP contribution in [-0.4, -0.2) is 34.0 Å². The van der Waals surface area contributed by atoms with Gasteiger partial charge < -0.3 is 9.42 Å². The number of aromatic nitrogens is 2. The van der Waals surface area contributed by atoms with Crippen molar-refractivity contribution in [1.29, 1.82) is 0 Å². The fourth-order valence-electron chi connectivity index (χ4n) is 2.05. The van der Waals surface area contributed by atoms with E-state index in [9.17, 15) is 4.79 Å². The number of nitrogens with zero attached hydrogens (tertiary/aromatic N) is 3. The fourth-order valence-corrected chi connectivity index (χ4v) is 2.05. The van der Waals surface area contributed by atoms with E-state index in [4.69, 9.17) is 4.52 Å². The summed E-state index contributed by atoms with van der Waals surface area (Å²) in [5.41, 5.74) is 0.0392. The van der Waals surface area contributed by atoms with Gasteiger partial charge in [0.2, 0.25) is 11.8 Å². The zero-order valence-corrected chi connectivity index (χ0v) is 12.4. The number of amides is 1. The maximum Gasteiger partial charge on any atom is 0.233 e. The van der Waals surface area contributed by atoms with Gasteiger partial charge in [0.1, 0.15) is 0 Å². The molecular formula is C14H23N3O2. The van der Waals surface area contributed by atoms with Crippen LogP contribution in [0.3, 0.4) is 0 Å². The van der Waals surface area contributed by atoms with Gasteiger partial charge >= 0.3 is 0 Å². The Bertz CT molecular complexity index is 454.